The van der Waals surface area contributed by atoms with Gasteiger partial charge < -0.3 is 14.4 Å². The maximum absolute atomic E-state index is 6.82. The Morgan fingerprint density at radius 1 is 0.214 bits per heavy atom. The topological polar surface area (TPSA) is 21.7 Å². The lowest BCUT2D eigenvalue weighted by Crippen LogP contribution is -2.32. The fourth-order valence-electron chi connectivity index (χ4n) is 16.6. The van der Waals surface area contributed by atoms with Crippen molar-refractivity contribution in [2.24, 2.45) is 0 Å². The fraction of sp³-hybridized carbons (Fsp3) is 0.0370. The minimum absolute atomic E-state index is 0.519. The van der Waals surface area contributed by atoms with Gasteiger partial charge in [0.1, 0.15) is 23.0 Å². The zero-order chi connectivity index (χ0) is 54.9. The van der Waals surface area contributed by atoms with E-state index in [1.807, 2.05) is 0 Å². The van der Waals surface area contributed by atoms with Crippen LogP contribution < -0.4 is 14.4 Å². The van der Waals surface area contributed by atoms with Gasteiger partial charge in [-0.2, -0.15) is 0 Å². The van der Waals surface area contributed by atoms with E-state index in [2.05, 4.69) is 302 Å². The second-order valence-corrected chi connectivity index (χ2v) is 23.2. The highest BCUT2D eigenvalue weighted by Crippen LogP contribution is 2.68. The van der Waals surface area contributed by atoms with Crippen LogP contribution in [0.1, 0.15) is 66.8 Å². The summed E-state index contributed by atoms with van der Waals surface area (Å²) in [6.07, 6.45) is 0. The molecule has 84 heavy (non-hydrogen) atoms. The molecule has 0 N–H and O–H groups in total. The van der Waals surface area contributed by atoms with Crippen LogP contribution in [-0.2, 0) is 16.2 Å². The number of fused-ring (bicyclic) bond motifs is 28. The highest BCUT2D eigenvalue weighted by atomic mass is 16.5. The summed E-state index contributed by atoms with van der Waals surface area (Å²) >= 11 is 0. The Morgan fingerprint density at radius 2 is 0.512 bits per heavy atom. The van der Waals surface area contributed by atoms with Crippen LogP contribution in [0, 0.1) is 0 Å². The Kier molecular flexibility index (Phi) is 9.13. The molecule has 13 aromatic carbocycles. The maximum Gasteiger partial charge on any atom is 0.132 e. The molecular formula is C81H49NO2. The molecule has 0 fully saturated rings. The van der Waals surface area contributed by atoms with Crippen molar-refractivity contribution in [1.82, 2.24) is 0 Å². The molecule has 0 unspecified atom stereocenters. The molecule has 19 rings (SSSR count). The van der Waals surface area contributed by atoms with Crippen LogP contribution >= 0.6 is 0 Å². The molecule has 0 amide bonds. The van der Waals surface area contributed by atoms with Gasteiger partial charge in [-0.15, -0.1) is 0 Å². The van der Waals surface area contributed by atoms with E-state index in [1.165, 1.54) is 100 Å². The molecule has 3 heteroatoms. The second kappa shape index (κ2) is 16.7. The first-order chi connectivity index (χ1) is 41.7. The molecule has 3 nitrogen and oxygen atoms in total. The third kappa shape index (κ3) is 5.57. The maximum atomic E-state index is 6.82. The molecule has 4 aliphatic carbocycles. The zero-order valence-electron chi connectivity index (χ0n) is 45.6. The van der Waals surface area contributed by atoms with E-state index in [9.17, 15) is 0 Å². The summed E-state index contributed by atoms with van der Waals surface area (Å²) in [5, 5.41) is 0. The number of anilines is 3. The summed E-state index contributed by atoms with van der Waals surface area (Å²) in [5.74, 6) is 3.55. The van der Waals surface area contributed by atoms with Crippen LogP contribution in [0.4, 0.5) is 17.1 Å². The second-order valence-electron chi connectivity index (χ2n) is 23.2. The van der Waals surface area contributed by atoms with Crippen molar-refractivity contribution in [1.29, 1.82) is 0 Å². The Balaban J connectivity index is 0.849. The molecule has 0 atom stereocenters. The lowest BCUT2D eigenvalue weighted by atomic mass is 9.66. The zero-order valence-corrected chi connectivity index (χ0v) is 45.6. The normalized spacial score (nSPS) is 14.9. The van der Waals surface area contributed by atoms with Crippen molar-refractivity contribution < 1.29 is 9.47 Å². The Morgan fingerprint density at radius 3 is 0.940 bits per heavy atom. The molecule has 6 aliphatic rings. The summed E-state index contributed by atoms with van der Waals surface area (Å²) in [6.45, 7) is 0. The van der Waals surface area contributed by atoms with Crippen LogP contribution in [0.3, 0.4) is 0 Å². The van der Waals surface area contributed by atoms with Gasteiger partial charge in [0.05, 0.1) is 27.6 Å². The molecule has 0 radical (unpaired) electrons. The SMILES string of the molecule is c1ccc2c(c1)Oc1ccccc1C21c2ccccc2-c2cc(-c3ccc(N(c4cccc5c4-c4ccccc4C54c5ccccc5Oc5ccccc54)c4cccc5c4-c4ccccc4C54c5ccccc5-c5ccccc54)cc3)ccc21. The number of benzene rings is 13. The number of para-hydroxylation sites is 4. The van der Waals surface area contributed by atoms with Gasteiger partial charge in [0.2, 0.25) is 0 Å². The number of hydrogen-bond acceptors (Lipinski definition) is 3. The van der Waals surface area contributed by atoms with Crippen LogP contribution in [0.15, 0.2) is 297 Å². The number of rotatable bonds is 4. The summed E-state index contributed by atoms with van der Waals surface area (Å²) in [7, 11) is 0. The van der Waals surface area contributed by atoms with Gasteiger partial charge in [0, 0.05) is 39.1 Å². The Labute approximate surface area is 487 Å². The summed E-state index contributed by atoms with van der Waals surface area (Å²) in [5.41, 5.74) is 28.8. The van der Waals surface area contributed by atoms with Gasteiger partial charge in [-0.1, -0.05) is 243 Å². The molecule has 0 bridgehead atoms. The summed E-state index contributed by atoms with van der Waals surface area (Å²) in [6, 6.07) is 111. The van der Waals surface area contributed by atoms with Gasteiger partial charge >= 0.3 is 0 Å². The highest BCUT2D eigenvalue weighted by molar-refractivity contribution is 6.05. The lowest BCUT2D eigenvalue weighted by molar-refractivity contribution is 0.436. The quantitative estimate of drug-likeness (QED) is 0.175. The standard InChI is InChI=1S/C81H49NO2/c1-6-26-59-53(21-1)54-22-2-7-27-60(54)79(59)62-29-9-4-24-56(62)77-69(79)35-19-37-71(77)82(72-38-20-36-70-78(72)57-25-5-10-30-63(57)81(70)67-33-13-17-41-75(67)84-76-42-18-14-34-68(76)81)52-46-43-50(44-47-52)51-45-48-64-58(49-51)55-23-3-8-28-61(55)80(64)65-31-11-15-39-73(65)83-74-40-16-12-32-66(74)80/h1-49H. The fourth-order valence-corrected chi connectivity index (χ4v) is 16.6. The first kappa shape index (κ1) is 45.9. The van der Waals surface area contributed by atoms with E-state index in [0.717, 1.165) is 62.3 Å². The Hall–Kier alpha value is -10.7. The number of ether oxygens (including phenoxy) is 2. The minimum Gasteiger partial charge on any atom is -0.457 e. The first-order valence-electron chi connectivity index (χ1n) is 29.2. The number of nitrogens with zero attached hydrogens (tertiary/aromatic N) is 1. The molecule has 390 valence electrons. The van der Waals surface area contributed by atoms with Gasteiger partial charge in [-0.25, -0.2) is 0 Å². The van der Waals surface area contributed by atoms with Crippen molar-refractivity contribution in [2.75, 3.05) is 4.90 Å². The van der Waals surface area contributed by atoms with E-state index in [4.69, 9.17) is 9.47 Å². The van der Waals surface area contributed by atoms with Gasteiger partial charge in [-0.3, -0.25) is 0 Å². The lowest BCUT2D eigenvalue weighted by Gasteiger charge is -2.39. The molecule has 13 aromatic rings. The molecular weight excluding hydrogens is 1020 g/mol. The smallest absolute Gasteiger partial charge is 0.132 e. The van der Waals surface area contributed by atoms with E-state index < -0.39 is 16.2 Å². The average molecular weight is 1070 g/mol. The largest absolute Gasteiger partial charge is 0.457 e. The predicted octanol–water partition coefficient (Wildman–Crippen LogP) is 20.1. The van der Waals surface area contributed by atoms with Crippen molar-refractivity contribution in [3.8, 4) is 78.6 Å². The van der Waals surface area contributed by atoms with Gasteiger partial charge in [0.15, 0.2) is 0 Å². The van der Waals surface area contributed by atoms with Crippen molar-refractivity contribution in [2.45, 2.75) is 16.2 Å². The van der Waals surface area contributed by atoms with E-state index in [0.29, 0.717) is 0 Å². The van der Waals surface area contributed by atoms with Crippen LogP contribution in [0.25, 0.3) is 55.6 Å². The molecule has 2 aliphatic heterocycles. The number of hydrogen-bond donors (Lipinski definition) is 0. The van der Waals surface area contributed by atoms with Crippen molar-refractivity contribution >= 4 is 17.1 Å². The Bertz CT molecular complexity index is 4870. The monoisotopic (exact) mass is 1070 g/mol. The van der Waals surface area contributed by atoms with E-state index in [-0.39, 0.29) is 0 Å². The summed E-state index contributed by atoms with van der Waals surface area (Å²) in [4.78, 5) is 2.58. The van der Waals surface area contributed by atoms with Crippen LogP contribution in [-0.4, -0.2) is 0 Å². The van der Waals surface area contributed by atoms with E-state index >= 15 is 0 Å². The molecule has 0 saturated heterocycles. The molecule has 2 heterocycles. The third-order valence-corrected chi connectivity index (χ3v) is 19.6. The molecule has 0 aromatic heterocycles. The average Bonchev–Trinajstić information content (AvgIpc) is 1.85. The summed E-state index contributed by atoms with van der Waals surface area (Å²) < 4.78 is 13.5. The van der Waals surface area contributed by atoms with Gasteiger partial charge in [-0.05, 0) is 144 Å². The van der Waals surface area contributed by atoms with E-state index in [1.54, 1.807) is 0 Å². The van der Waals surface area contributed by atoms with Gasteiger partial charge in [0.25, 0.3) is 0 Å². The highest BCUT2D eigenvalue weighted by Gasteiger charge is 2.55. The predicted molar refractivity (Wildman–Crippen MR) is 338 cm³/mol. The van der Waals surface area contributed by atoms with Crippen molar-refractivity contribution in [3.63, 3.8) is 0 Å². The van der Waals surface area contributed by atoms with Crippen molar-refractivity contribution in [3.05, 3.63) is 364 Å². The first-order valence-corrected chi connectivity index (χ1v) is 29.2. The van der Waals surface area contributed by atoms with Crippen LogP contribution in [0.2, 0.25) is 0 Å². The molecule has 3 spiro atoms. The minimum atomic E-state index is -0.644. The van der Waals surface area contributed by atoms with Crippen LogP contribution in [0.5, 0.6) is 23.0 Å². The molecule has 0 saturated carbocycles. The third-order valence-electron chi connectivity index (χ3n) is 19.6.